The Balaban J connectivity index is 1.51. The topological polar surface area (TPSA) is 61.9 Å². The van der Waals surface area contributed by atoms with Crippen LogP contribution in [0.3, 0.4) is 0 Å². The molecule has 0 spiro atoms. The van der Waals surface area contributed by atoms with E-state index < -0.39 is 0 Å². The fourth-order valence-corrected chi connectivity index (χ4v) is 3.18. The molecule has 3 aromatic carbocycles. The normalized spacial score (nSPS) is 10.6. The molecule has 5 nitrogen and oxygen atoms in total. The van der Waals surface area contributed by atoms with Crippen LogP contribution in [0.25, 0.3) is 16.7 Å². The summed E-state index contributed by atoms with van der Waals surface area (Å²) in [6.45, 7) is 0.485. The van der Waals surface area contributed by atoms with Gasteiger partial charge in [0.2, 0.25) is 0 Å². The summed E-state index contributed by atoms with van der Waals surface area (Å²) in [7, 11) is 1.78. The molecule has 0 radical (unpaired) electrons. The minimum atomic E-state index is -0.0496. The van der Waals surface area contributed by atoms with Crippen LogP contribution < -0.4 is 0 Å². The highest BCUT2D eigenvalue weighted by Crippen LogP contribution is 2.19. The van der Waals surface area contributed by atoms with Crippen molar-refractivity contribution < 1.29 is 4.79 Å². The molecule has 0 fully saturated rings. The zero-order chi connectivity index (χ0) is 19.5. The molecular weight excluding hydrogens is 348 g/mol. The molecule has 0 bridgehead atoms. The number of carbonyl (C=O) groups is 1. The van der Waals surface area contributed by atoms with Gasteiger partial charge in [-0.15, -0.1) is 0 Å². The summed E-state index contributed by atoms with van der Waals surface area (Å²) in [6, 6.07) is 24.8. The van der Waals surface area contributed by atoms with Crippen molar-refractivity contribution in [3.05, 3.63) is 95.8 Å². The summed E-state index contributed by atoms with van der Waals surface area (Å²) in [4.78, 5) is 18.8. The smallest absolute Gasteiger partial charge is 0.253 e. The third-order valence-electron chi connectivity index (χ3n) is 4.70. The molecule has 1 heterocycles. The van der Waals surface area contributed by atoms with Crippen LogP contribution in [0.15, 0.2) is 79.1 Å². The maximum Gasteiger partial charge on any atom is 0.253 e. The van der Waals surface area contributed by atoms with Crippen molar-refractivity contribution in [3.8, 4) is 11.8 Å². The molecule has 0 atom stereocenters. The van der Waals surface area contributed by atoms with Gasteiger partial charge >= 0.3 is 0 Å². The molecular formula is C23H18N4O. The first-order valence-corrected chi connectivity index (χ1v) is 8.93. The van der Waals surface area contributed by atoms with Crippen LogP contribution in [0, 0.1) is 11.3 Å². The molecule has 0 aliphatic carbocycles. The van der Waals surface area contributed by atoms with E-state index in [9.17, 15) is 4.79 Å². The number of para-hydroxylation sites is 2. The first-order chi connectivity index (χ1) is 13.7. The molecule has 0 saturated carbocycles. The lowest BCUT2D eigenvalue weighted by Crippen LogP contribution is -2.26. The minimum Gasteiger partial charge on any atom is -0.337 e. The molecule has 0 saturated heterocycles. The monoisotopic (exact) mass is 366 g/mol. The molecule has 0 aliphatic heterocycles. The van der Waals surface area contributed by atoms with Gasteiger partial charge in [-0.25, -0.2) is 4.98 Å². The highest BCUT2D eigenvalue weighted by Gasteiger charge is 2.13. The van der Waals surface area contributed by atoms with E-state index in [1.807, 2.05) is 65.2 Å². The Hall–Kier alpha value is -3.91. The second-order valence-corrected chi connectivity index (χ2v) is 6.62. The Morgan fingerprint density at radius 2 is 1.75 bits per heavy atom. The van der Waals surface area contributed by atoms with Gasteiger partial charge in [0, 0.05) is 24.8 Å². The number of fused-ring (bicyclic) bond motifs is 1. The molecule has 1 aromatic heterocycles. The summed E-state index contributed by atoms with van der Waals surface area (Å²) in [5.74, 6) is -0.0496. The standard InChI is InChI=1S/C23H18N4O/c1-26(15-18-8-6-17(14-24)7-9-18)23(28)19-10-12-20(13-11-19)27-16-25-21-4-2-3-5-22(21)27/h2-13,16H,15H2,1H3. The molecule has 0 N–H and O–H groups in total. The molecule has 5 heteroatoms. The van der Waals surface area contributed by atoms with Crippen molar-refractivity contribution in [1.82, 2.24) is 14.5 Å². The van der Waals surface area contributed by atoms with Crippen molar-refractivity contribution in [2.24, 2.45) is 0 Å². The fraction of sp³-hybridized carbons (Fsp3) is 0.0870. The number of hydrogen-bond donors (Lipinski definition) is 0. The van der Waals surface area contributed by atoms with Crippen LogP contribution in [0.2, 0.25) is 0 Å². The van der Waals surface area contributed by atoms with E-state index in [-0.39, 0.29) is 5.91 Å². The second kappa shape index (κ2) is 7.37. The van der Waals surface area contributed by atoms with Crippen LogP contribution >= 0.6 is 0 Å². The first kappa shape index (κ1) is 17.5. The zero-order valence-corrected chi connectivity index (χ0v) is 15.4. The average Bonchev–Trinajstić information content (AvgIpc) is 3.18. The summed E-state index contributed by atoms with van der Waals surface area (Å²) < 4.78 is 2.00. The van der Waals surface area contributed by atoms with E-state index >= 15 is 0 Å². The Bertz CT molecular complexity index is 1170. The lowest BCUT2D eigenvalue weighted by atomic mass is 10.1. The molecule has 28 heavy (non-hydrogen) atoms. The van der Waals surface area contributed by atoms with E-state index in [1.54, 1.807) is 30.4 Å². The predicted octanol–water partition coefficient (Wildman–Crippen LogP) is 4.17. The Morgan fingerprint density at radius 1 is 1.04 bits per heavy atom. The Kier molecular flexibility index (Phi) is 4.61. The van der Waals surface area contributed by atoms with E-state index in [4.69, 9.17) is 5.26 Å². The van der Waals surface area contributed by atoms with Crippen molar-refractivity contribution in [2.45, 2.75) is 6.54 Å². The summed E-state index contributed by atoms with van der Waals surface area (Å²) in [6.07, 6.45) is 1.79. The number of aromatic nitrogens is 2. The van der Waals surface area contributed by atoms with Gasteiger partial charge in [-0.2, -0.15) is 5.26 Å². The van der Waals surface area contributed by atoms with Crippen LogP contribution in [-0.4, -0.2) is 27.4 Å². The minimum absolute atomic E-state index is 0.0496. The lowest BCUT2D eigenvalue weighted by Gasteiger charge is -2.17. The van der Waals surface area contributed by atoms with Crippen molar-refractivity contribution in [1.29, 1.82) is 5.26 Å². The Labute approximate surface area is 163 Å². The average molecular weight is 366 g/mol. The van der Waals surface area contributed by atoms with E-state index in [1.165, 1.54) is 0 Å². The largest absolute Gasteiger partial charge is 0.337 e. The number of nitrogens with zero attached hydrogens (tertiary/aromatic N) is 4. The van der Waals surface area contributed by atoms with Gasteiger partial charge in [0.25, 0.3) is 5.91 Å². The van der Waals surface area contributed by atoms with Gasteiger partial charge in [-0.05, 0) is 54.1 Å². The summed E-state index contributed by atoms with van der Waals surface area (Å²) in [5.41, 5.74) is 5.14. The number of imidazole rings is 1. The van der Waals surface area contributed by atoms with Crippen molar-refractivity contribution in [3.63, 3.8) is 0 Å². The van der Waals surface area contributed by atoms with Crippen molar-refractivity contribution in [2.75, 3.05) is 7.05 Å². The van der Waals surface area contributed by atoms with E-state index in [0.29, 0.717) is 17.7 Å². The van der Waals surface area contributed by atoms with Crippen LogP contribution in [-0.2, 0) is 6.54 Å². The summed E-state index contributed by atoms with van der Waals surface area (Å²) in [5, 5.41) is 8.88. The van der Waals surface area contributed by atoms with E-state index in [0.717, 1.165) is 22.3 Å². The van der Waals surface area contributed by atoms with Crippen LogP contribution in [0.4, 0.5) is 0 Å². The number of nitriles is 1. The van der Waals surface area contributed by atoms with Gasteiger partial charge in [-0.3, -0.25) is 9.36 Å². The quantitative estimate of drug-likeness (QED) is 0.545. The van der Waals surface area contributed by atoms with Gasteiger partial charge in [-0.1, -0.05) is 24.3 Å². The van der Waals surface area contributed by atoms with Crippen LogP contribution in [0.1, 0.15) is 21.5 Å². The van der Waals surface area contributed by atoms with Gasteiger partial charge in [0.15, 0.2) is 0 Å². The number of amides is 1. The maximum absolute atomic E-state index is 12.7. The van der Waals surface area contributed by atoms with Gasteiger partial charge in [0.05, 0.1) is 22.7 Å². The maximum atomic E-state index is 12.7. The molecule has 136 valence electrons. The zero-order valence-electron chi connectivity index (χ0n) is 15.4. The lowest BCUT2D eigenvalue weighted by molar-refractivity contribution is 0.0785. The molecule has 0 aliphatic rings. The number of rotatable bonds is 4. The van der Waals surface area contributed by atoms with Crippen molar-refractivity contribution >= 4 is 16.9 Å². The van der Waals surface area contributed by atoms with Crippen LogP contribution in [0.5, 0.6) is 0 Å². The number of benzene rings is 3. The number of carbonyl (C=O) groups excluding carboxylic acids is 1. The number of hydrogen-bond acceptors (Lipinski definition) is 3. The van der Waals surface area contributed by atoms with E-state index in [2.05, 4.69) is 11.1 Å². The summed E-state index contributed by atoms with van der Waals surface area (Å²) >= 11 is 0. The van der Waals surface area contributed by atoms with Gasteiger partial charge < -0.3 is 4.90 Å². The third-order valence-corrected chi connectivity index (χ3v) is 4.70. The second-order valence-electron chi connectivity index (χ2n) is 6.62. The highest BCUT2D eigenvalue weighted by molar-refractivity contribution is 5.94. The molecule has 4 rings (SSSR count). The highest BCUT2D eigenvalue weighted by atomic mass is 16.2. The first-order valence-electron chi connectivity index (χ1n) is 8.93. The molecule has 4 aromatic rings. The SMILES string of the molecule is CN(Cc1ccc(C#N)cc1)C(=O)c1ccc(-n2cnc3ccccc32)cc1. The molecule has 0 unspecified atom stereocenters. The third kappa shape index (κ3) is 3.36. The molecule has 1 amide bonds. The Morgan fingerprint density at radius 3 is 2.46 bits per heavy atom. The van der Waals surface area contributed by atoms with Gasteiger partial charge in [0.1, 0.15) is 6.33 Å². The fourth-order valence-electron chi connectivity index (χ4n) is 3.18. The predicted molar refractivity (Wildman–Crippen MR) is 108 cm³/mol.